The number of rotatable bonds is 5. The highest BCUT2D eigenvalue weighted by molar-refractivity contribution is 7.09. The fraction of sp³-hybridized carbons (Fsp3) is 0.700. The minimum Gasteiger partial charge on any atom is -0.319 e. The van der Waals surface area contributed by atoms with E-state index in [0.29, 0.717) is 0 Å². The van der Waals surface area contributed by atoms with E-state index in [4.69, 9.17) is 0 Å². The molecule has 1 heterocycles. The predicted octanol–water partition coefficient (Wildman–Crippen LogP) is 2.24. The van der Waals surface area contributed by atoms with E-state index in [1.165, 1.54) is 11.4 Å². The van der Waals surface area contributed by atoms with E-state index < -0.39 is 0 Å². The highest BCUT2D eigenvalue weighted by atomic mass is 32.1. The molecule has 0 fully saturated rings. The van der Waals surface area contributed by atoms with Crippen LogP contribution in [0.4, 0.5) is 0 Å². The maximum atomic E-state index is 4.47. The molecule has 1 aromatic rings. The fourth-order valence-electron chi connectivity index (χ4n) is 1.39. The second kappa shape index (κ2) is 5.35. The summed E-state index contributed by atoms with van der Waals surface area (Å²) < 4.78 is 0. The summed E-state index contributed by atoms with van der Waals surface area (Å²) in [6.07, 6.45) is 2.34. The molecule has 1 atom stereocenters. The van der Waals surface area contributed by atoms with Crippen LogP contribution in [0.5, 0.6) is 0 Å². The molecule has 2 nitrogen and oxygen atoms in total. The van der Waals surface area contributed by atoms with E-state index in [1.54, 1.807) is 11.3 Å². The van der Waals surface area contributed by atoms with Gasteiger partial charge in [0.05, 0.1) is 5.01 Å². The lowest BCUT2D eigenvalue weighted by molar-refractivity contribution is 0.480. The third-order valence-electron chi connectivity index (χ3n) is 2.20. The maximum absolute atomic E-state index is 4.47. The van der Waals surface area contributed by atoms with Gasteiger partial charge in [0.1, 0.15) is 0 Å². The van der Waals surface area contributed by atoms with Crippen LogP contribution in [-0.2, 0) is 6.42 Å². The minimum atomic E-state index is 0.732. The molecule has 1 unspecified atom stereocenters. The first-order valence-corrected chi connectivity index (χ1v) is 5.69. The van der Waals surface area contributed by atoms with Gasteiger partial charge in [0, 0.05) is 17.5 Å². The molecule has 74 valence electrons. The second-order valence-electron chi connectivity index (χ2n) is 3.42. The first kappa shape index (κ1) is 10.7. The summed E-state index contributed by atoms with van der Waals surface area (Å²) >= 11 is 1.78. The van der Waals surface area contributed by atoms with Crippen LogP contribution in [0.2, 0.25) is 0 Å². The highest BCUT2D eigenvalue weighted by Gasteiger charge is 2.08. The molecule has 1 rings (SSSR count). The van der Waals surface area contributed by atoms with Gasteiger partial charge in [0.25, 0.3) is 0 Å². The number of aryl methyl sites for hydroxylation is 1. The van der Waals surface area contributed by atoms with Gasteiger partial charge in [-0.2, -0.15) is 0 Å². The van der Waals surface area contributed by atoms with Crippen LogP contribution in [0, 0.1) is 12.8 Å². The standard InChI is InChI=1S/C10H18N2S/c1-4-9(6-11-3)5-10-12-8(2)7-13-10/h7,9,11H,4-6H2,1-3H3. The number of nitrogens with zero attached hydrogens (tertiary/aromatic N) is 1. The van der Waals surface area contributed by atoms with E-state index in [-0.39, 0.29) is 0 Å². The highest BCUT2D eigenvalue weighted by Crippen LogP contribution is 2.15. The first-order valence-electron chi connectivity index (χ1n) is 4.81. The zero-order chi connectivity index (χ0) is 9.68. The fourth-order valence-corrected chi connectivity index (χ4v) is 2.28. The molecule has 0 aliphatic carbocycles. The average molecular weight is 198 g/mol. The van der Waals surface area contributed by atoms with E-state index in [2.05, 4.69) is 29.5 Å². The van der Waals surface area contributed by atoms with E-state index >= 15 is 0 Å². The molecule has 0 aliphatic rings. The lowest BCUT2D eigenvalue weighted by Crippen LogP contribution is -2.19. The lowest BCUT2D eigenvalue weighted by Gasteiger charge is -2.11. The number of hydrogen-bond donors (Lipinski definition) is 1. The van der Waals surface area contributed by atoms with Crippen molar-refractivity contribution in [3.8, 4) is 0 Å². The third-order valence-corrected chi connectivity index (χ3v) is 3.19. The zero-order valence-electron chi connectivity index (χ0n) is 8.63. The quantitative estimate of drug-likeness (QED) is 0.785. The summed E-state index contributed by atoms with van der Waals surface area (Å²) in [6.45, 7) is 5.39. The lowest BCUT2D eigenvalue weighted by atomic mass is 10.0. The minimum absolute atomic E-state index is 0.732. The van der Waals surface area contributed by atoms with Crippen molar-refractivity contribution in [2.24, 2.45) is 5.92 Å². The number of nitrogens with one attached hydrogen (secondary N) is 1. The Labute approximate surface area is 84.4 Å². The van der Waals surface area contributed by atoms with Crippen LogP contribution in [0.3, 0.4) is 0 Å². The van der Waals surface area contributed by atoms with Gasteiger partial charge in [0.15, 0.2) is 0 Å². The Kier molecular flexibility index (Phi) is 4.39. The van der Waals surface area contributed by atoms with E-state index in [1.807, 2.05) is 7.05 Å². The van der Waals surface area contributed by atoms with Crippen LogP contribution < -0.4 is 5.32 Å². The van der Waals surface area contributed by atoms with Gasteiger partial charge in [-0.25, -0.2) is 4.98 Å². The molecule has 0 bridgehead atoms. The Balaban J connectivity index is 2.46. The monoisotopic (exact) mass is 198 g/mol. The SMILES string of the molecule is CCC(CNC)Cc1nc(C)cs1. The van der Waals surface area contributed by atoms with Crippen LogP contribution >= 0.6 is 11.3 Å². The van der Waals surface area contributed by atoms with Crippen molar-refractivity contribution in [2.45, 2.75) is 26.7 Å². The average Bonchev–Trinajstić information content (AvgIpc) is 2.50. The number of hydrogen-bond acceptors (Lipinski definition) is 3. The van der Waals surface area contributed by atoms with Crippen LogP contribution in [-0.4, -0.2) is 18.6 Å². The molecule has 13 heavy (non-hydrogen) atoms. The molecule has 0 saturated heterocycles. The van der Waals surface area contributed by atoms with Gasteiger partial charge in [-0.05, 0) is 26.4 Å². The summed E-state index contributed by atoms with van der Waals surface area (Å²) in [7, 11) is 2.01. The van der Waals surface area contributed by atoms with Gasteiger partial charge in [-0.3, -0.25) is 0 Å². The molecule has 0 aromatic carbocycles. The maximum Gasteiger partial charge on any atom is 0.0931 e. The molecule has 0 radical (unpaired) electrons. The second-order valence-corrected chi connectivity index (χ2v) is 4.36. The van der Waals surface area contributed by atoms with Gasteiger partial charge in [-0.15, -0.1) is 11.3 Å². The Morgan fingerprint density at radius 1 is 1.62 bits per heavy atom. The Bertz CT molecular complexity index is 245. The molecule has 0 saturated carbocycles. The van der Waals surface area contributed by atoms with Crippen molar-refractivity contribution >= 4 is 11.3 Å². The molecule has 0 aliphatic heterocycles. The van der Waals surface area contributed by atoms with E-state index in [0.717, 1.165) is 24.6 Å². The van der Waals surface area contributed by atoms with Crippen molar-refractivity contribution in [2.75, 3.05) is 13.6 Å². The van der Waals surface area contributed by atoms with Crippen LogP contribution in [0.1, 0.15) is 24.0 Å². The third kappa shape index (κ3) is 3.44. The van der Waals surface area contributed by atoms with Crippen molar-refractivity contribution < 1.29 is 0 Å². The Morgan fingerprint density at radius 3 is 2.85 bits per heavy atom. The molecule has 0 amide bonds. The number of thiazole rings is 1. The zero-order valence-corrected chi connectivity index (χ0v) is 9.45. The Hall–Kier alpha value is -0.410. The van der Waals surface area contributed by atoms with Crippen molar-refractivity contribution in [1.29, 1.82) is 0 Å². The molecule has 1 aromatic heterocycles. The summed E-state index contributed by atoms with van der Waals surface area (Å²) in [4.78, 5) is 4.47. The van der Waals surface area contributed by atoms with E-state index in [9.17, 15) is 0 Å². The van der Waals surface area contributed by atoms with Gasteiger partial charge in [0.2, 0.25) is 0 Å². The molecule has 0 spiro atoms. The molecule has 3 heteroatoms. The normalized spacial score (nSPS) is 13.2. The molecule has 1 N–H and O–H groups in total. The smallest absolute Gasteiger partial charge is 0.0931 e. The van der Waals surface area contributed by atoms with Crippen molar-refractivity contribution in [3.05, 3.63) is 16.1 Å². The molecular formula is C10H18N2S. The van der Waals surface area contributed by atoms with Crippen LogP contribution in [0.15, 0.2) is 5.38 Å². The largest absolute Gasteiger partial charge is 0.319 e. The van der Waals surface area contributed by atoms with Gasteiger partial charge < -0.3 is 5.32 Å². The summed E-state index contributed by atoms with van der Waals surface area (Å²) in [5, 5.41) is 6.63. The first-order chi connectivity index (χ1) is 6.26. The topological polar surface area (TPSA) is 24.9 Å². The van der Waals surface area contributed by atoms with Gasteiger partial charge in [-0.1, -0.05) is 13.3 Å². The van der Waals surface area contributed by atoms with Crippen molar-refractivity contribution in [3.63, 3.8) is 0 Å². The summed E-state index contributed by atoms with van der Waals surface area (Å²) in [5.74, 6) is 0.732. The van der Waals surface area contributed by atoms with Crippen LogP contribution in [0.25, 0.3) is 0 Å². The summed E-state index contributed by atoms with van der Waals surface area (Å²) in [6, 6.07) is 0. The van der Waals surface area contributed by atoms with Crippen molar-refractivity contribution in [1.82, 2.24) is 10.3 Å². The van der Waals surface area contributed by atoms with Gasteiger partial charge >= 0.3 is 0 Å². The molecular weight excluding hydrogens is 180 g/mol. The number of aromatic nitrogens is 1. The Morgan fingerprint density at radius 2 is 2.38 bits per heavy atom. The predicted molar refractivity (Wildman–Crippen MR) is 58.3 cm³/mol. The summed E-state index contributed by atoms with van der Waals surface area (Å²) in [5.41, 5.74) is 1.15.